The summed E-state index contributed by atoms with van der Waals surface area (Å²) >= 11 is 1.24. The van der Waals surface area contributed by atoms with Crippen LogP contribution in [0, 0.1) is 0 Å². The summed E-state index contributed by atoms with van der Waals surface area (Å²) in [4.78, 5) is 36.7. The van der Waals surface area contributed by atoms with Crippen LogP contribution in [0.25, 0.3) is 0 Å². The lowest BCUT2D eigenvalue weighted by molar-refractivity contribution is -0.121. The Labute approximate surface area is 126 Å². The van der Waals surface area contributed by atoms with Crippen molar-refractivity contribution in [3.63, 3.8) is 0 Å². The van der Waals surface area contributed by atoms with E-state index in [0.29, 0.717) is 11.4 Å². The number of carbonyl (C=O) groups excluding carboxylic acids is 3. The third-order valence-corrected chi connectivity index (χ3v) is 3.84. The topological polar surface area (TPSA) is 78.5 Å². The highest BCUT2D eigenvalue weighted by atomic mass is 32.2. The standard InChI is InChI=1S/C14H15N3O3S/c1-3-21-11-8-12(18)17(13(11)19)10-6-4-5-9(7-10)16-14(20)15-2/h3-7,11H,1,8H2,2H3,(H2,15,16,20). The number of nitrogens with zero attached hydrogens (tertiary/aromatic N) is 1. The highest BCUT2D eigenvalue weighted by Crippen LogP contribution is 2.31. The lowest BCUT2D eigenvalue weighted by Gasteiger charge is -2.16. The van der Waals surface area contributed by atoms with Gasteiger partial charge in [-0.15, -0.1) is 11.8 Å². The molecule has 1 aliphatic rings. The van der Waals surface area contributed by atoms with Gasteiger partial charge in [-0.2, -0.15) is 0 Å². The SMILES string of the molecule is C=CSC1CC(=O)N(c2cccc(NC(=O)NC)c2)C1=O. The van der Waals surface area contributed by atoms with Crippen LogP contribution in [0.2, 0.25) is 0 Å². The first-order chi connectivity index (χ1) is 10.1. The number of urea groups is 1. The molecule has 1 aliphatic heterocycles. The Hall–Kier alpha value is -2.28. The van der Waals surface area contributed by atoms with Crippen LogP contribution in [0.1, 0.15) is 6.42 Å². The van der Waals surface area contributed by atoms with E-state index < -0.39 is 5.25 Å². The minimum atomic E-state index is -0.425. The first kappa shape index (κ1) is 15.1. The molecule has 1 aromatic rings. The Morgan fingerprint density at radius 1 is 1.48 bits per heavy atom. The van der Waals surface area contributed by atoms with Gasteiger partial charge in [-0.1, -0.05) is 12.6 Å². The molecule has 1 atom stereocenters. The van der Waals surface area contributed by atoms with E-state index in [-0.39, 0.29) is 24.3 Å². The molecule has 0 bridgehead atoms. The molecule has 1 unspecified atom stereocenters. The smallest absolute Gasteiger partial charge is 0.318 e. The van der Waals surface area contributed by atoms with E-state index in [4.69, 9.17) is 0 Å². The fourth-order valence-electron chi connectivity index (χ4n) is 2.01. The van der Waals surface area contributed by atoms with Gasteiger partial charge in [-0.05, 0) is 23.6 Å². The van der Waals surface area contributed by atoms with Crippen LogP contribution in [0.5, 0.6) is 0 Å². The van der Waals surface area contributed by atoms with Crippen LogP contribution >= 0.6 is 11.8 Å². The number of carbonyl (C=O) groups is 3. The lowest BCUT2D eigenvalue weighted by Crippen LogP contribution is -2.31. The Balaban J connectivity index is 2.23. The molecule has 0 radical (unpaired) electrons. The molecule has 1 aromatic carbocycles. The largest absolute Gasteiger partial charge is 0.341 e. The van der Waals surface area contributed by atoms with Gasteiger partial charge in [0.05, 0.1) is 10.9 Å². The quantitative estimate of drug-likeness (QED) is 0.833. The summed E-state index contributed by atoms with van der Waals surface area (Å²) in [5.74, 6) is -0.515. The molecule has 4 amide bonds. The third kappa shape index (κ3) is 3.25. The second kappa shape index (κ2) is 6.45. The van der Waals surface area contributed by atoms with Gasteiger partial charge in [-0.3, -0.25) is 9.59 Å². The number of nitrogens with one attached hydrogen (secondary N) is 2. The number of thioether (sulfide) groups is 1. The normalized spacial score (nSPS) is 17.8. The molecule has 1 heterocycles. The fourth-order valence-corrected chi connectivity index (χ4v) is 2.71. The highest BCUT2D eigenvalue weighted by Gasteiger charge is 2.39. The van der Waals surface area contributed by atoms with Crippen molar-refractivity contribution in [2.75, 3.05) is 17.3 Å². The second-order valence-corrected chi connectivity index (χ2v) is 5.49. The first-order valence-electron chi connectivity index (χ1n) is 6.28. The number of benzene rings is 1. The van der Waals surface area contributed by atoms with Crippen LogP contribution in [0.15, 0.2) is 36.3 Å². The van der Waals surface area contributed by atoms with E-state index in [2.05, 4.69) is 17.2 Å². The van der Waals surface area contributed by atoms with E-state index in [1.807, 2.05) is 0 Å². The van der Waals surface area contributed by atoms with Crippen LogP contribution in [0.3, 0.4) is 0 Å². The van der Waals surface area contributed by atoms with Crippen LogP contribution in [-0.2, 0) is 9.59 Å². The van der Waals surface area contributed by atoms with E-state index in [0.717, 1.165) is 4.90 Å². The van der Waals surface area contributed by atoms with Crippen molar-refractivity contribution < 1.29 is 14.4 Å². The summed E-state index contributed by atoms with van der Waals surface area (Å²) in [6.45, 7) is 3.56. The van der Waals surface area contributed by atoms with Crippen molar-refractivity contribution in [1.29, 1.82) is 0 Å². The molecular weight excluding hydrogens is 290 g/mol. The summed E-state index contributed by atoms with van der Waals surface area (Å²) in [7, 11) is 1.50. The zero-order valence-corrected chi connectivity index (χ0v) is 12.3. The van der Waals surface area contributed by atoms with Crippen LogP contribution in [0.4, 0.5) is 16.2 Å². The summed E-state index contributed by atoms with van der Waals surface area (Å²) in [6.07, 6.45) is 0.155. The minimum absolute atomic E-state index is 0.155. The lowest BCUT2D eigenvalue weighted by atomic mass is 10.2. The predicted molar refractivity (Wildman–Crippen MR) is 83.2 cm³/mol. The van der Waals surface area contributed by atoms with Gasteiger partial charge < -0.3 is 10.6 Å². The fraction of sp³-hybridized carbons (Fsp3) is 0.214. The third-order valence-electron chi connectivity index (χ3n) is 2.96. The summed E-state index contributed by atoms with van der Waals surface area (Å²) < 4.78 is 0. The molecule has 1 fully saturated rings. The Morgan fingerprint density at radius 2 is 2.24 bits per heavy atom. The van der Waals surface area contributed by atoms with E-state index in [1.54, 1.807) is 29.7 Å². The minimum Gasteiger partial charge on any atom is -0.341 e. The number of amides is 4. The van der Waals surface area contributed by atoms with Gasteiger partial charge in [0.15, 0.2) is 0 Å². The van der Waals surface area contributed by atoms with Gasteiger partial charge in [0.1, 0.15) is 0 Å². The molecule has 0 aromatic heterocycles. The van der Waals surface area contributed by atoms with Crippen molar-refractivity contribution >= 4 is 41.0 Å². The van der Waals surface area contributed by atoms with E-state index in [1.165, 1.54) is 18.8 Å². The maximum Gasteiger partial charge on any atom is 0.318 e. The van der Waals surface area contributed by atoms with Crippen molar-refractivity contribution in [3.8, 4) is 0 Å². The molecule has 6 nitrogen and oxygen atoms in total. The van der Waals surface area contributed by atoms with Crippen LogP contribution < -0.4 is 15.5 Å². The Bertz CT molecular complexity index is 603. The molecule has 7 heteroatoms. The molecular formula is C14H15N3O3S. The van der Waals surface area contributed by atoms with Gasteiger partial charge in [-0.25, -0.2) is 9.69 Å². The number of hydrogen-bond donors (Lipinski definition) is 2. The molecule has 1 saturated heterocycles. The Morgan fingerprint density at radius 3 is 2.90 bits per heavy atom. The van der Waals surface area contributed by atoms with Crippen molar-refractivity contribution in [2.24, 2.45) is 0 Å². The molecule has 2 N–H and O–H groups in total. The molecule has 21 heavy (non-hydrogen) atoms. The molecule has 0 saturated carbocycles. The maximum absolute atomic E-state index is 12.2. The monoisotopic (exact) mass is 305 g/mol. The molecule has 0 spiro atoms. The highest BCUT2D eigenvalue weighted by molar-refractivity contribution is 8.03. The average Bonchev–Trinajstić information content (AvgIpc) is 2.74. The van der Waals surface area contributed by atoms with Crippen molar-refractivity contribution in [2.45, 2.75) is 11.7 Å². The zero-order valence-electron chi connectivity index (χ0n) is 11.5. The molecule has 2 rings (SSSR count). The number of rotatable bonds is 4. The summed E-state index contributed by atoms with van der Waals surface area (Å²) in [5, 5.41) is 6.17. The zero-order chi connectivity index (χ0) is 15.4. The van der Waals surface area contributed by atoms with E-state index >= 15 is 0 Å². The maximum atomic E-state index is 12.2. The Kier molecular flexibility index (Phi) is 4.64. The summed E-state index contributed by atoms with van der Waals surface area (Å²) in [5.41, 5.74) is 0.957. The van der Waals surface area contributed by atoms with Gasteiger partial charge in [0.2, 0.25) is 11.8 Å². The predicted octanol–water partition coefficient (Wildman–Crippen LogP) is 1.95. The second-order valence-electron chi connectivity index (χ2n) is 4.32. The summed E-state index contributed by atoms with van der Waals surface area (Å²) in [6, 6.07) is 6.23. The van der Waals surface area contributed by atoms with Crippen molar-refractivity contribution in [1.82, 2.24) is 5.32 Å². The number of imide groups is 1. The van der Waals surface area contributed by atoms with E-state index in [9.17, 15) is 14.4 Å². The van der Waals surface area contributed by atoms with Gasteiger partial charge in [0, 0.05) is 19.2 Å². The number of anilines is 2. The molecule has 0 aliphatic carbocycles. The molecule has 110 valence electrons. The average molecular weight is 305 g/mol. The van der Waals surface area contributed by atoms with Gasteiger partial charge in [0.25, 0.3) is 0 Å². The van der Waals surface area contributed by atoms with Crippen LogP contribution in [-0.4, -0.2) is 30.1 Å². The van der Waals surface area contributed by atoms with Crippen molar-refractivity contribution in [3.05, 3.63) is 36.3 Å². The van der Waals surface area contributed by atoms with Gasteiger partial charge >= 0.3 is 6.03 Å². The number of hydrogen-bond acceptors (Lipinski definition) is 4. The first-order valence-corrected chi connectivity index (χ1v) is 7.23.